The van der Waals surface area contributed by atoms with Gasteiger partial charge in [0.15, 0.2) is 0 Å². The summed E-state index contributed by atoms with van der Waals surface area (Å²) in [6.07, 6.45) is 4.23. The third-order valence-corrected chi connectivity index (χ3v) is 3.65. The number of benzene rings is 3. The molecule has 0 aromatic heterocycles. The highest BCUT2D eigenvalue weighted by Gasteiger charge is 2.09. The van der Waals surface area contributed by atoms with Gasteiger partial charge in [-0.25, -0.2) is 0 Å². The number of allylic oxidation sites excluding steroid dienone is 1. The van der Waals surface area contributed by atoms with Crippen molar-refractivity contribution < 1.29 is 0 Å². The average molecular weight is 253 g/mol. The van der Waals surface area contributed by atoms with Crippen molar-refractivity contribution in [3.05, 3.63) is 65.2 Å². The van der Waals surface area contributed by atoms with Crippen LogP contribution >= 0.6 is 11.6 Å². The van der Waals surface area contributed by atoms with Crippen LogP contribution in [0.3, 0.4) is 0 Å². The first-order valence-electron chi connectivity index (χ1n) is 6.04. The van der Waals surface area contributed by atoms with Crippen LogP contribution in [0.1, 0.15) is 12.5 Å². The molecule has 0 saturated carbocycles. The molecule has 0 atom stereocenters. The minimum atomic E-state index is 0.842. The van der Waals surface area contributed by atoms with Crippen molar-refractivity contribution in [1.29, 1.82) is 0 Å². The fraction of sp³-hybridized carbons (Fsp3) is 0.0588. The predicted molar refractivity (Wildman–Crippen MR) is 81.2 cm³/mol. The molecular formula is C17H13Cl. The smallest absolute Gasteiger partial charge is 0.0563 e. The highest BCUT2D eigenvalue weighted by molar-refractivity contribution is 6.41. The van der Waals surface area contributed by atoms with Gasteiger partial charge in [0.25, 0.3) is 0 Å². The SMILES string of the molecule is C/C=C\c1c2ccccc2c(Cl)c2ccccc12. The molecule has 0 nitrogen and oxygen atoms in total. The Morgan fingerprint density at radius 3 is 1.67 bits per heavy atom. The maximum Gasteiger partial charge on any atom is 0.0563 e. The minimum Gasteiger partial charge on any atom is -0.0870 e. The van der Waals surface area contributed by atoms with Crippen LogP contribution in [0.5, 0.6) is 0 Å². The monoisotopic (exact) mass is 252 g/mol. The summed E-state index contributed by atoms with van der Waals surface area (Å²) in [5.41, 5.74) is 1.24. The Hall–Kier alpha value is -1.79. The summed E-state index contributed by atoms with van der Waals surface area (Å²) in [6.45, 7) is 2.04. The zero-order valence-electron chi connectivity index (χ0n) is 10.2. The second-order valence-electron chi connectivity index (χ2n) is 4.32. The molecule has 0 radical (unpaired) electrons. The van der Waals surface area contributed by atoms with Crippen molar-refractivity contribution >= 4 is 39.2 Å². The summed E-state index contributed by atoms with van der Waals surface area (Å²) in [4.78, 5) is 0. The normalized spacial score (nSPS) is 11.7. The number of rotatable bonds is 1. The summed E-state index contributed by atoms with van der Waals surface area (Å²) in [7, 11) is 0. The molecule has 0 spiro atoms. The van der Waals surface area contributed by atoms with Crippen molar-refractivity contribution in [2.45, 2.75) is 6.92 Å². The van der Waals surface area contributed by atoms with E-state index in [1.807, 2.05) is 19.1 Å². The molecule has 0 heterocycles. The Kier molecular flexibility index (Phi) is 2.81. The van der Waals surface area contributed by atoms with Gasteiger partial charge in [-0.2, -0.15) is 0 Å². The fourth-order valence-electron chi connectivity index (χ4n) is 2.46. The summed E-state index contributed by atoms with van der Waals surface area (Å²) < 4.78 is 0. The van der Waals surface area contributed by atoms with Crippen molar-refractivity contribution in [3.63, 3.8) is 0 Å². The van der Waals surface area contributed by atoms with Gasteiger partial charge in [-0.3, -0.25) is 0 Å². The lowest BCUT2D eigenvalue weighted by Gasteiger charge is -2.10. The van der Waals surface area contributed by atoms with E-state index in [-0.39, 0.29) is 0 Å². The van der Waals surface area contributed by atoms with Crippen LogP contribution in [0.25, 0.3) is 27.6 Å². The largest absolute Gasteiger partial charge is 0.0870 e. The standard InChI is InChI=1S/C17H13Cl/c1-2-7-12-13-8-3-5-10-15(13)17(18)16-11-6-4-9-14(12)16/h2-11H,1H3/b7-2-. The molecule has 0 saturated heterocycles. The first kappa shape index (κ1) is 11.3. The zero-order valence-corrected chi connectivity index (χ0v) is 10.9. The molecule has 0 bridgehead atoms. The summed E-state index contributed by atoms with van der Waals surface area (Å²) >= 11 is 6.52. The van der Waals surface area contributed by atoms with Crippen LogP contribution in [-0.4, -0.2) is 0 Å². The van der Waals surface area contributed by atoms with E-state index in [1.165, 1.54) is 16.3 Å². The van der Waals surface area contributed by atoms with Gasteiger partial charge in [-0.05, 0) is 23.3 Å². The quantitative estimate of drug-likeness (QED) is 0.489. The van der Waals surface area contributed by atoms with Gasteiger partial charge in [0.1, 0.15) is 0 Å². The number of halogens is 1. The van der Waals surface area contributed by atoms with Crippen LogP contribution in [0.2, 0.25) is 5.02 Å². The Bertz CT molecular complexity index is 697. The molecule has 3 rings (SSSR count). The van der Waals surface area contributed by atoms with Gasteiger partial charge in [-0.1, -0.05) is 72.3 Å². The lowest BCUT2D eigenvalue weighted by Crippen LogP contribution is -1.85. The highest BCUT2D eigenvalue weighted by atomic mass is 35.5. The lowest BCUT2D eigenvalue weighted by molar-refractivity contribution is 1.72. The lowest BCUT2D eigenvalue weighted by atomic mass is 9.96. The molecule has 88 valence electrons. The summed E-state index contributed by atoms with van der Waals surface area (Å²) in [5, 5.41) is 5.49. The van der Waals surface area contributed by atoms with Gasteiger partial charge in [0, 0.05) is 10.8 Å². The molecule has 0 aliphatic rings. The molecule has 1 heteroatoms. The van der Waals surface area contributed by atoms with E-state index in [0.29, 0.717) is 0 Å². The van der Waals surface area contributed by atoms with Crippen molar-refractivity contribution in [1.82, 2.24) is 0 Å². The van der Waals surface area contributed by atoms with Crippen LogP contribution in [-0.2, 0) is 0 Å². The first-order valence-corrected chi connectivity index (χ1v) is 6.42. The van der Waals surface area contributed by atoms with E-state index in [4.69, 9.17) is 11.6 Å². The maximum absolute atomic E-state index is 6.52. The van der Waals surface area contributed by atoms with Gasteiger partial charge in [0.2, 0.25) is 0 Å². The van der Waals surface area contributed by atoms with Crippen molar-refractivity contribution in [2.24, 2.45) is 0 Å². The maximum atomic E-state index is 6.52. The van der Waals surface area contributed by atoms with Crippen LogP contribution < -0.4 is 0 Å². The third kappa shape index (κ3) is 1.61. The number of hydrogen-bond donors (Lipinski definition) is 0. The molecule has 0 fully saturated rings. The Labute approximate surface area is 112 Å². The average Bonchev–Trinajstić information content (AvgIpc) is 2.43. The van der Waals surface area contributed by atoms with E-state index < -0.39 is 0 Å². The van der Waals surface area contributed by atoms with Crippen molar-refractivity contribution in [3.8, 4) is 0 Å². The molecule has 3 aromatic carbocycles. The van der Waals surface area contributed by atoms with E-state index in [0.717, 1.165) is 15.8 Å². The Balaban J connectivity index is 2.62. The molecule has 3 aromatic rings. The number of fused-ring (bicyclic) bond motifs is 2. The van der Waals surface area contributed by atoms with Gasteiger partial charge in [0.05, 0.1) is 5.02 Å². The van der Waals surface area contributed by atoms with Crippen LogP contribution in [0.4, 0.5) is 0 Å². The van der Waals surface area contributed by atoms with E-state index in [2.05, 4.69) is 48.6 Å². The second kappa shape index (κ2) is 4.47. The molecular weight excluding hydrogens is 240 g/mol. The van der Waals surface area contributed by atoms with Gasteiger partial charge in [-0.15, -0.1) is 0 Å². The van der Waals surface area contributed by atoms with Crippen LogP contribution in [0.15, 0.2) is 54.6 Å². The number of hydrogen-bond acceptors (Lipinski definition) is 0. The molecule has 0 unspecified atom stereocenters. The second-order valence-corrected chi connectivity index (χ2v) is 4.70. The minimum absolute atomic E-state index is 0.842. The first-order chi connectivity index (χ1) is 8.83. The molecule has 0 amide bonds. The van der Waals surface area contributed by atoms with Gasteiger partial charge < -0.3 is 0 Å². The summed E-state index contributed by atoms with van der Waals surface area (Å²) in [5.74, 6) is 0. The molecule has 0 N–H and O–H groups in total. The highest BCUT2D eigenvalue weighted by Crippen LogP contribution is 2.36. The molecule has 18 heavy (non-hydrogen) atoms. The molecule has 0 aliphatic heterocycles. The third-order valence-electron chi connectivity index (χ3n) is 3.24. The van der Waals surface area contributed by atoms with Gasteiger partial charge >= 0.3 is 0 Å². The van der Waals surface area contributed by atoms with E-state index >= 15 is 0 Å². The zero-order chi connectivity index (χ0) is 12.5. The van der Waals surface area contributed by atoms with Crippen molar-refractivity contribution in [2.75, 3.05) is 0 Å². The topological polar surface area (TPSA) is 0 Å². The Morgan fingerprint density at radius 1 is 0.778 bits per heavy atom. The predicted octanol–water partition coefficient (Wildman–Crippen LogP) is 5.68. The molecule has 0 aliphatic carbocycles. The van der Waals surface area contributed by atoms with Crippen LogP contribution in [0, 0.1) is 0 Å². The summed E-state index contributed by atoms with van der Waals surface area (Å²) in [6, 6.07) is 16.6. The van der Waals surface area contributed by atoms with E-state index in [1.54, 1.807) is 0 Å². The fourth-order valence-corrected chi connectivity index (χ4v) is 2.78. The van der Waals surface area contributed by atoms with E-state index in [9.17, 15) is 0 Å². The Morgan fingerprint density at radius 2 is 1.22 bits per heavy atom.